The average Bonchev–Trinajstić information content (AvgIpc) is 2.34. The van der Waals surface area contributed by atoms with Crippen LogP contribution in [0, 0.1) is 30.6 Å². The van der Waals surface area contributed by atoms with Gasteiger partial charge in [0.05, 0.1) is 5.69 Å². The molecule has 0 amide bonds. The third kappa shape index (κ3) is 1.67. The van der Waals surface area contributed by atoms with Crippen LogP contribution in [0.3, 0.4) is 0 Å². The Kier molecular flexibility index (Phi) is 2.36. The molecule has 5 rings (SSSR count). The third-order valence-electron chi connectivity index (χ3n) is 5.81. The molecule has 0 spiro atoms. The first kappa shape index (κ1) is 11.6. The number of nitrogens with two attached hydrogens (primary N) is 1. The topological polar surface area (TPSA) is 48.0 Å². The van der Waals surface area contributed by atoms with Crippen LogP contribution in [0.4, 0.5) is 5.69 Å². The second-order valence-electron chi connectivity index (χ2n) is 7.06. The monoisotopic (exact) mass is 258 g/mol. The van der Waals surface area contributed by atoms with Crippen LogP contribution in [-0.2, 0) is 0 Å². The molecular weight excluding hydrogens is 236 g/mol. The Morgan fingerprint density at radius 1 is 1.11 bits per heavy atom. The van der Waals surface area contributed by atoms with Gasteiger partial charge in [0.25, 0.3) is 0 Å². The summed E-state index contributed by atoms with van der Waals surface area (Å²) in [7, 11) is 0. The van der Waals surface area contributed by atoms with Crippen molar-refractivity contribution in [3.8, 4) is 0 Å². The molecule has 1 heterocycles. The van der Waals surface area contributed by atoms with Gasteiger partial charge >= 0.3 is 0 Å². The fourth-order valence-corrected chi connectivity index (χ4v) is 5.33. The van der Waals surface area contributed by atoms with E-state index < -0.39 is 0 Å². The zero-order chi connectivity index (χ0) is 13.1. The van der Waals surface area contributed by atoms with Crippen molar-refractivity contribution in [2.45, 2.75) is 45.1 Å². The zero-order valence-electron chi connectivity index (χ0n) is 11.5. The normalized spacial score (nSPS) is 39.7. The Morgan fingerprint density at radius 2 is 1.68 bits per heavy atom. The first-order chi connectivity index (χ1) is 9.11. The van der Waals surface area contributed by atoms with Gasteiger partial charge < -0.3 is 10.3 Å². The maximum absolute atomic E-state index is 11.6. The van der Waals surface area contributed by atoms with Crippen molar-refractivity contribution in [2.75, 3.05) is 5.73 Å². The molecule has 4 aliphatic carbocycles. The molecule has 2 N–H and O–H groups in total. The van der Waals surface area contributed by atoms with Crippen molar-refractivity contribution < 1.29 is 0 Å². The fraction of sp³-hybridized carbons (Fsp3) is 0.688. The largest absolute Gasteiger partial charge is 0.394 e. The van der Waals surface area contributed by atoms with Gasteiger partial charge in [-0.3, -0.25) is 4.79 Å². The maximum Gasteiger partial charge on any atom is 0.204 e. The molecule has 4 saturated carbocycles. The number of rotatable bonds is 1. The summed E-state index contributed by atoms with van der Waals surface area (Å²) in [5.74, 6) is 3.60. The summed E-state index contributed by atoms with van der Waals surface area (Å²) in [4.78, 5) is 11.6. The van der Waals surface area contributed by atoms with Crippen molar-refractivity contribution >= 4 is 5.69 Å². The van der Waals surface area contributed by atoms with Gasteiger partial charge in [0.2, 0.25) is 5.43 Å². The number of aromatic nitrogens is 1. The van der Waals surface area contributed by atoms with Crippen molar-refractivity contribution in [3.63, 3.8) is 0 Å². The van der Waals surface area contributed by atoms with E-state index in [9.17, 15) is 4.79 Å². The summed E-state index contributed by atoms with van der Waals surface area (Å²) >= 11 is 0. The number of nitrogen functional groups attached to an aromatic ring is 1. The van der Waals surface area contributed by atoms with Gasteiger partial charge in [0.1, 0.15) is 0 Å². The number of pyridine rings is 1. The van der Waals surface area contributed by atoms with E-state index in [4.69, 9.17) is 5.73 Å². The van der Waals surface area contributed by atoms with E-state index in [0.717, 1.165) is 29.4 Å². The maximum atomic E-state index is 11.6. The molecule has 0 saturated heterocycles. The quantitative estimate of drug-likeness (QED) is 0.842. The molecule has 1 aromatic rings. The second kappa shape index (κ2) is 3.87. The second-order valence-corrected chi connectivity index (χ2v) is 7.06. The summed E-state index contributed by atoms with van der Waals surface area (Å²) in [5, 5.41) is 0. The van der Waals surface area contributed by atoms with Crippen LogP contribution in [0.25, 0.3) is 0 Å². The minimum Gasteiger partial charge on any atom is -0.394 e. The highest BCUT2D eigenvalue weighted by atomic mass is 16.1. The van der Waals surface area contributed by atoms with E-state index in [2.05, 4.69) is 4.57 Å². The first-order valence-electron chi connectivity index (χ1n) is 7.60. The predicted octanol–water partition coefficient (Wildman–Crippen LogP) is 2.74. The molecule has 3 heteroatoms. The smallest absolute Gasteiger partial charge is 0.204 e. The molecule has 0 aliphatic heterocycles. The van der Waals surface area contributed by atoms with Crippen molar-refractivity contribution in [3.05, 3.63) is 28.2 Å². The number of nitrogens with zero attached hydrogens (tertiary/aromatic N) is 1. The molecule has 0 unspecified atom stereocenters. The lowest BCUT2D eigenvalue weighted by atomic mass is 9.54. The molecular formula is C16H22N2O. The van der Waals surface area contributed by atoms with Crippen LogP contribution >= 0.6 is 0 Å². The van der Waals surface area contributed by atoms with Crippen LogP contribution in [0.2, 0.25) is 0 Å². The molecule has 4 aliphatic rings. The molecule has 0 aromatic carbocycles. The number of aryl methyl sites for hydroxylation is 1. The summed E-state index contributed by atoms with van der Waals surface area (Å²) in [6.45, 7) is 2.05. The van der Waals surface area contributed by atoms with E-state index in [-0.39, 0.29) is 5.43 Å². The van der Waals surface area contributed by atoms with Gasteiger partial charge in [-0.15, -0.1) is 0 Å². The summed E-state index contributed by atoms with van der Waals surface area (Å²) in [6.07, 6.45) is 8.95. The Hall–Kier alpha value is -1.25. The van der Waals surface area contributed by atoms with Gasteiger partial charge in [-0.2, -0.15) is 0 Å². The lowest BCUT2D eigenvalue weighted by Crippen LogP contribution is -2.46. The molecule has 0 atom stereocenters. The summed E-state index contributed by atoms with van der Waals surface area (Å²) < 4.78 is 2.32. The number of hydrogen-bond donors (Lipinski definition) is 1. The van der Waals surface area contributed by atoms with Crippen molar-refractivity contribution in [2.24, 2.45) is 23.7 Å². The molecule has 19 heavy (non-hydrogen) atoms. The van der Waals surface area contributed by atoms with Gasteiger partial charge in [0.15, 0.2) is 0 Å². The van der Waals surface area contributed by atoms with Crippen LogP contribution in [0.15, 0.2) is 17.1 Å². The standard InChI is InChI=1S/C16H22N2O/c1-9-2-15(19)14(17)8-18(9)16-12-4-10-3-11(6-12)7-13(16)5-10/h2,8,10-13,16H,3-7,17H2,1H3. The minimum absolute atomic E-state index is 0.0300. The molecule has 1 aromatic heterocycles. The fourth-order valence-electron chi connectivity index (χ4n) is 5.33. The van der Waals surface area contributed by atoms with E-state index in [0.29, 0.717) is 11.7 Å². The minimum atomic E-state index is -0.0300. The first-order valence-corrected chi connectivity index (χ1v) is 7.60. The Morgan fingerprint density at radius 3 is 2.26 bits per heavy atom. The summed E-state index contributed by atoms with van der Waals surface area (Å²) in [5.41, 5.74) is 7.30. The molecule has 102 valence electrons. The highest BCUT2D eigenvalue weighted by molar-refractivity contribution is 5.36. The SMILES string of the molecule is Cc1cc(=O)c(N)cn1C1C2CC3CC(C2)CC1C3. The molecule has 0 radical (unpaired) electrons. The zero-order valence-corrected chi connectivity index (χ0v) is 11.5. The highest BCUT2D eigenvalue weighted by Gasteiger charge is 2.48. The van der Waals surface area contributed by atoms with Gasteiger partial charge in [0, 0.05) is 24.0 Å². The molecule has 3 nitrogen and oxygen atoms in total. The number of hydrogen-bond acceptors (Lipinski definition) is 2. The lowest BCUT2D eigenvalue weighted by molar-refractivity contribution is -0.0299. The van der Waals surface area contributed by atoms with Crippen molar-refractivity contribution in [1.82, 2.24) is 4.57 Å². The van der Waals surface area contributed by atoms with E-state index >= 15 is 0 Å². The Bertz CT molecular complexity index is 547. The van der Waals surface area contributed by atoms with E-state index in [1.165, 1.54) is 32.1 Å². The molecule has 4 fully saturated rings. The highest BCUT2D eigenvalue weighted by Crippen LogP contribution is 2.58. The van der Waals surface area contributed by atoms with E-state index in [1.54, 1.807) is 6.07 Å². The van der Waals surface area contributed by atoms with Gasteiger partial charge in [-0.25, -0.2) is 0 Å². The Balaban J connectivity index is 1.77. The third-order valence-corrected chi connectivity index (χ3v) is 5.81. The van der Waals surface area contributed by atoms with Gasteiger partial charge in [-0.05, 0) is 62.7 Å². The van der Waals surface area contributed by atoms with Crippen LogP contribution < -0.4 is 11.2 Å². The lowest BCUT2D eigenvalue weighted by Gasteiger charge is -2.55. The van der Waals surface area contributed by atoms with E-state index in [1.807, 2.05) is 13.1 Å². The average molecular weight is 258 g/mol. The van der Waals surface area contributed by atoms with Crippen LogP contribution in [-0.4, -0.2) is 4.57 Å². The van der Waals surface area contributed by atoms with Crippen LogP contribution in [0.5, 0.6) is 0 Å². The van der Waals surface area contributed by atoms with Gasteiger partial charge in [-0.1, -0.05) is 0 Å². The Labute approximate surface area is 113 Å². The van der Waals surface area contributed by atoms with Crippen molar-refractivity contribution in [1.29, 1.82) is 0 Å². The summed E-state index contributed by atoms with van der Waals surface area (Å²) in [6, 6.07) is 2.30. The number of anilines is 1. The molecule has 4 bridgehead atoms. The van der Waals surface area contributed by atoms with Crippen LogP contribution in [0.1, 0.15) is 43.8 Å². The predicted molar refractivity (Wildman–Crippen MR) is 75.9 cm³/mol.